The molecule has 2 atom stereocenters. The van der Waals surface area contributed by atoms with Crippen LogP contribution >= 0.6 is 0 Å². The molecule has 1 heterocycles. The second-order valence-electron chi connectivity index (χ2n) is 8.57. The van der Waals surface area contributed by atoms with Gasteiger partial charge in [0.1, 0.15) is 5.60 Å². The van der Waals surface area contributed by atoms with Crippen LogP contribution in [-0.4, -0.2) is 65.4 Å². The highest BCUT2D eigenvalue weighted by atomic mass is 16.3. The molecule has 2 unspecified atom stereocenters. The largest absolute Gasteiger partial charge is 0.388 e. The highest BCUT2D eigenvalue weighted by molar-refractivity contribution is 5.25. The minimum atomic E-state index is -1.14. The van der Waals surface area contributed by atoms with Gasteiger partial charge in [-0.2, -0.15) is 0 Å². The summed E-state index contributed by atoms with van der Waals surface area (Å²) in [5, 5.41) is 22.8. The summed E-state index contributed by atoms with van der Waals surface area (Å²) >= 11 is 0. The van der Waals surface area contributed by atoms with Gasteiger partial charge in [-0.25, -0.2) is 0 Å². The van der Waals surface area contributed by atoms with Crippen molar-refractivity contribution in [2.75, 3.05) is 39.3 Å². The van der Waals surface area contributed by atoms with Crippen molar-refractivity contribution in [1.29, 1.82) is 0 Å². The summed E-state index contributed by atoms with van der Waals surface area (Å²) in [5.74, 6) is 0.147. The number of aliphatic hydroxyl groups excluding tert-OH is 1. The Labute approximate surface area is 164 Å². The van der Waals surface area contributed by atoms with Crippen molar-refractivity contribution in [3.8, 4) is 0 Å². The molecular formula is C23H36N2O2. The van der Waals surface area contributed by atoms with Gasteiger partial charge in [0.05, 0.1) is 6.10 Å². The second kappa shape index (κ2) is 9.33. The molecule has 0 amide bonds. The summed E-state index contributed by atoms with van der Waals surface area (Å²) in [4.78, 5) is 4.77. The number of aliphatic hydroxyl groups is 2. The molecule has 27 heavy (non-hydrogen) atoms. The second-order valence-corrected chi connectivity index (χ2v) is 8.57. The van der Waals surface area contributed by atoms with Gasteiger partial charge in [-0.3, -0.25) is 9.80 Å². The first-order chi connectivity index (χ1) is 13.0. The van der Waals surface area contributed by atoms with Crippen LogP contribution in [-0.2, 0) is 5.60 Å². The van der Waals surface area contributed by atoms with Gasteiger partial charge in [-0.1, -0.05) is 54.8 Å². The summed E-state index contributed by atoms with van der Waals surface area (Å²) in [7, 11) is 0. The van der Waals surface area contributed by atoms with Crippen molar-refractivity contribution in [2.45, 2.75) is 51.2 Å². The molecule has 0 bridgehead atoms. The fourth-order valence-electron chi connectivity index (χ4n) is 4.62. The van der Waals surface area contributed by atoms with Gasteiger partial charge in [0.15, 0.2) is 0 Å². The van der Waals surface area contributed by atoms with Crippen LogP contribution in [0.15, 0.2) is 42.0 Å². The standard InChI is InChI=1S/C23H36N2O2/c1-19(2)12-13-24-14-16-25(17-15-24)18-22(26)23(27,21-10-6-7-11-21)20-8-4-3-5-9-20/h3-5,8-9,12,21-22,26-27H,6-7,10-11,13-18H2,1-2H3. The highest BCUT2D eigenvalue weighted by Gasteiger charge is 2.46. The average Bonchev–Trinajstić information content (AvgIpc) is 3.22. The number of benzene rings is 1. The molecule has 0 spiro atoms. The number of piperazine rings is 1. The molecule has 2 aliphatic rings. The minimum absolute atomic E-state index is 0.147. The lowest BCUT2D eigenvalue weighted by Gasteiger charge is -2.42. The van der Waals surface area contributed by atoms with Gasteiger partial charge in [0, 0.05) is 39.3 Å². The summed E-state index contributed by atoms with van der Waals surface area (Å²) in [6, 6.07) is 9.84. The Kier molecular flexibility index (Phi) is 7.10. The SMILES string of the molecule is CC(C)=CCN1CCN(CC(O)C(O)(c2ccccc2)C2CCCC2)CC1. The summed E-state index contributed by atoms with van der Waals surface area (Å²) in [6.07, 6.45) is 5.81. The molecule has 0 aromatic heterocycles. The van der Waals surface area contributed by atoms with Crippen molar-refractivity contribution >= 4 is 0 Å². The Hall–Kier alpha value is -1.20. The summed E-state index contributed by atoms with van der Waals surface area (Å²) in [6.45, 7) is 9.76. The molecule has 1 aromatic rings. The van der Waals surface area contributed by atoms with Gasteiger partial charge in [0.25, 0.3) is 0 Å². The summed E-state index contributed by atoms with van der Waals surface area (Å²) < 4.78 is 0. The average molecular weight is 373 g/mol. The van der Waals surface area contributed by atoms with E-state index in [1.807, 2.05) is 30.3 Å². The highest BCUT2D eigenvalue weighted by Crippen LogP contribution is 2.43. The molecule has 1 aromatic carbocycles. The Morgan fingerprint density at radius 3 is 2.26 bits per heavy atom. The van der Waals surface area contributed by atoms with E-state index in [4.69, 9.17) is 0 Å². The van der Waals surface area contributed by atoms with Crippen LogP contribution in [0.3, 0.4) is 0 Å². The first kappa shape index (κ1) is 20.5. The number of rotatable bonds is 7. The Balaban J connectivity index is 1.64. The number of allylic oxidation sites excluding steroid dienone is 1. The van der Waals surface area contributed by atoms with Crippen LogP contribution in [0.1, 0.15) is 45.1 Å². The predicted octanol–water partition coefficient (Wildman–Crippen LogP) is 3.01. The zero-order valence-corrected chi connectivity index (χ0v) is 17.0. The van der Waals surface area contributed by atoms with Crippen molar-refractivity contribution in [3.63, 3.8) is 0 Å². The predicted molar refractivity (Wildman–Crippen MR) is 111 cm³/mol. The lowest BCUT2D eigenvalue weighted by molar-refractivity contribution is -0.130. The molecule has 150 valence electrons. The van der Waals surface area contributed by atoms with E-state index < -0.39 is 11.7 Å². The zero-order valence-electron chi connectivity index (χ0n) is 17.0. The summed E-state index contributed by atoms with van der Waals surface area (Å²) in [5.41, 5.74) is 1.08. The molecule has 1 saturated heterocycles. The fraction of sp³-hybridized carbons (Fsp3) is 0.652. The molecule has 1 aliphatic heterocycles. The van der Waals surface area contributed by atoms with Gasteiger partial charge in [0.2, 0.25) is 0 Å². The number of β-amino-alcohol motifs (C(OH)–C–C–N with tert-alkyl or cyclic N) is 1. The molecule has 3 rings (SSSR count). The van der Waals surface area contributed by atoms with Crippen LogP contribution < -0.4 is 0 Å². The van der Waals surface area contributed by atoms with Crippen molar-refractivity contribution in [3.05, 3.63) is 47.5 Å². The fourth-order valence-corrected chi connectivity index (χ4v) is 4.62. The number of nitrogens with zero attached hydrogens (tertiary/aromatic N) is 2. The van der Waals surface area contributed by atoms with Crippen LogP contribution in [0.25, 0.3) is 0 Å². The first-order valence-corrected chi connectivity index (χ1v) is 10.5. The van der Waals surface area contributed by atoms with E-state index in [0.29, 0.717) is 6.54 Å². The van der Waals surface area contributed by atoms with Crippen LogP contribution in [0.4, 0.5) is 0 Å². The van der Waals surface area contributed by atoms with Crippen LogP contribution in [0, 0.1) is 5.92 Å². The normalized spacial score (nSPS) is 23.1. The van der Waals surface area contributed by atoms with Crippen LogP contribution in [0.2, 0.25) is 0 Å². The lowest BCUT2D eigenvalue weighted by Crippen LogP contribution is -2.54. The van der Waals surface area contributed by atoms with Crippen molar-refractivity contribution < 1.29 is 10.2 Å². The maximum Gasteiger partial charge on any atom is 0.119 e. The quantitative estimate of drug-likeness (QED) is 0.723. The van der Waals surface area contributed by atoms with E-state index in [0.717, 1.165) is 64.0 Å². The van der Waals surface area contributed by atoms with E-state index in [2.05, 4.69) is 29.7 Å². The lowest BCUT2D eigenvalue weighted by atomic mass is 9.76. The molecule has 0 radical (unpaired) electrons. The van der Waals surface area contributed by atoms with E-state index in [1.54, 1.807) is 0 Å². The van der Waals surface area contributed by atoms with Crippen molar-refractivity contribution in [2.24, 2.45) is 5.92 Å². The van der Waals surface area contributed by atoms with E-state index in [-0.39, 0.29) is 5.92 Å². The van der Waals surface area contributed by atoms with Gasteiger partial charge in [-0.05, 0) is 38.2 Å². The number of hydrogen-bond acceptors (Lipinski definition) is 4. The van der Waals surface area contributed by atoms with Crippen molar-refractivity contribution in [1.82, 2.24) is 9.80 Å². The van der Waals surface area contributed by atoms with Gasteiger partial charge in [-0.15, -0.1) is 0 Å². The molecule has 4 nitrogen and oxygen atoms in total. The smallest absolute Gasteiger partial charge is 0.119 e. The molecule has 1 saturated carbocycles. The third-order valence-electron chi connectivity index (χ3n) is 6.38. The van der Waals surface area contributed by atoms with E-state index in [9.17, 15) is 10.2 Å². The monoisotopic (exact) mass is 372 g/mol. The molecule has 4 heteroatoms. The maximum atomic E-state index is 11.7. The van der Waals surface area contributed by atoms with E-state index >= 15 is 0 Å². The Morgan fingerprint density at radius 2 is 1.67 bits per heavy atom. The molecule has 2 N–H and O–H groups in total. The van der Waals surface area contributed by atoms with Gasteiger partial charge < -0.3 is 10.2 Å². The topological polar surface area (TPSA) is 46.9 Å². The van der Waals surface area contributed by atoms with Gasteiger partial charge >= 0.3 is 0 Å². The Morgan fingerprint density at radius 1 is 1.07 bits per heavy atom. The minimum Gasteiger partial charge on any atom is -0.388 e. The third-order valence-corrected chi connectivity index (χ3v) is 6.38. The maximum absolute atomic E-state index is 11.7. The zero-order chi connectivity index (χ0) is 19.3. The molecule has 2 fully saturated rings. The van der Waals surface area contributed by atoms with Crippen LogP contribution in [0.5, 0.6) is 0 Å². The third kappa shape index (κ3) is 5.00. The number of hydrogen-bond donors (Lipinski definition) is 2. The molecular weight excluding hydrogens is 336 g/mol. The molecule has 1 aliphatic carbocycles. The Bertz CT molecular complexity index is 600. The first-order valence-electron chi connectivity index (χ1n) is 10.5. The van der Waals surface area contributed by atoms with E-state index in [1.165, 1.54) is 5.57 Å².